The topological polar surface area (TPSA) is 101 Å². The largest absolute Gasteiger partial charge is 0.478 e. The third-order valence-electron chi connectivity index (χ3n) is 2.68. The van der Waals surface area contributed by atoms with Crippen LogP contribution in [-0.4, -0.2) is 35.8 Å². The Morgan fingerprint density at radius 3 is 2.85 bits per heavy atom. The van der Waals surface area contributed by atoms with Crippen LogP contribution in [-0.2, 0) is 23.5 Å². The molecular weight excluding hydrogens is 302 g/mol. The smallest absolute Gasteiger partial charge is 0.336 e. The van der Waals surface area contributed by atoms with Gasteiger partial charge >= 0.3 is 5.97 Å². The molecule has 0 saturated heterocycles. The van der Waals surface area contributed by atoms with E-state index in [9.17, 15) is 13.2 Å². The standard InChI is InChI=1S/C11H13N3O4S2/c1-14-9(2-4-12-14)3-5-13-20(17,18)10-6-8(7-19-10)11(15)16/h2,4,6-7,13H,3,5H2,1H3,(H,15,16). The summed E-state index contributed by atoms with van der Waals surface area (Å²) in [6.45, 7) is 0.224. The molecule has 0 fully saturated rings. The van der Waals surface area contributed by atoms with Crippen molar-refractivity contribution in [3.8, 4) is 0 Å². The predicted molar refractivity (Wildman–Crippen MR) is 73.4 cm³/mol. The molecule has 2 aromatic heterocycles. The molecule has 2 N–H and O–H groups in total. The van der Waals surface area contributed by atoms with Crippen molar-refractivity contribution in [2.75, 3.05) is 6.54 Å². The molecule has 0 atom stereocenters. The number of aromatic nitrogens is 2. The van der Waals surface area contributed by atoms with E-state index in [4.69, 9.17) is 5.11 Å². The van der Waals surface area contributed by atoms with Crippen LogP contribution < -0.4 is 4.72 Å². The van der Waals surface area contributed by atoms with E-state index in [-0.39, 0.29) is 16.3 Å². The van der Waals surface area contributed by atoms with E-state index in [1.165, 1.54) is 5.38 Å². The number of hydrogen-bond donors (Lipinski definition) is 2. The molecule has 0 aliphatic carbocycles. The number of hydrogen-bond acceptors (Lipinski definition) is 5. The van der Waals surface area contributed by atoms with Gasteiger partial charge in [-0.05, 0) is 12.1 Å². The predicted octanol–water partition coefficient (Wildman–Crippen LogP) is 0.701. The number of nitrogens with zero attached hydrogens (tertiary/aromatic N) is 2. The van der Waals surface area contributed by atoms with Gasteiger partial charge in [0, 0.05) is 37.3 Å². The highest BCUT2D eigenvalue weighted by molar-refractivity contribution is 7.91. The molecule has 108 valence electrons. The van der Waals surface area contributed by atoms with E-state index >= 15 is 0 Å². The molecule has 2 aromatic rings. The van der Waals surface area contributed by atoms with Gasteiger partial charge in [-0.15, -0.1) is 11.3 Å². The van der Waals surface area contributed by atoms with E-state index in [0.29, 0.717) is 6.42 Å². The minimum absolute atomic E-state index is 0.0000869. The number of rotatable bonds is 6. The maximum Gasteiger partial charge on any atom is 0.336 e. The first-order valence-corrected chi connectivity index (χ1v) is 8.05. The zero-order valence-corrected chi connectivity index (χ0v) is 12.2. The van der Waals surface area contributed by atoms with Gasteiger partial charge in [0.2, 0.25) is 10.0 Å². The minimum atomic E-state index is -3.66. The van der Waals surface area contributed by atoms with Crippen LogP contribution in [0.5, 0.6) is 0 Å². The van der Waals surface area contributed by atoms with E-state index in [1.807, 2.05) is 6.07 Å². The van der Waals surface area contributed by atoms with Gasteiger partial charge < -0.3 is 5.11 Å². The van der Waals surface area contributed by atoms with Crippen LogP contribution in [0.4, 0.5) is 0 Å². The molecule has 7 nitrogen and oxygen atoms in total. The maximum absolute atomic E-state index is 12.0. The second kappa shape index (κ2) is 5.73. The van der Waals surface area contributed by atoms with Gasteiger partial charge in [0.1, 0.15) is 4.21 Å². The summed E-state index contributed by atoms with van der Waals surface area (Å²) in [7, 11) is -1.88. The number of carbonyl (C=O) groups is 1. The maximum atomic E-state index is 12.0. The molecule has 0 spiro atoms. The summed E-state index contributed by atoms with van der Waals surface area (Å²) in [6, 6.07) is 2.96. The number of carboxylic acid groups (broad SMARTS) is 1. The molecule has 20 heavy (non-hydrogen) atoms. The lowest BCUT2D eigenvalue weighted by Gasteiger charge is -2.05. The molecule has 0 aliphatic rings. The second-order valence-electron chi connectivity index (χ2n) is 4.05. The van der Waals surface area contributed by atoms with E-state index in [0.717, 1.165) is 23.1 Å². The number of aryl methyl sites for hydroxylation is 1. The molecule has 2 rings (SSSR count). The first kappa shape index (κ1) is 14.7. The molecule has 0 aliphatic heterocycles. The fourth-order valence-corrected chi connectivity index (χ4v) is 3.83. The lowest BCUT2D eigenvalue weighted by atomic mass is 10.3. The number of carboxylic acids is 1. The molecular formula is C11H13N3O4S2. The molecule has 2 heterocycles. The van der Waals surface area contributed by atoms with Gasteiger partial charge in [-0.3, -0.25) is 4.68 Å². The first-order valence-electron chi connectivity index (χ1n) is 5.68. The fraction of sp³-hybridized carbons (Fsp3) is 0.273. The molecule has 0 radical (unpaired) electrons. The first-order chi connectivity index (χ1) is 9.40. The van der Waals surface area contributed by atoms with Crippen LogP contribution in [0.2, 0.25) is 0 Å². The van der Waals surface area contributed by atoms with Crippen molar-refractivity contribution in [3.05, 3.63) is 35.0 Å². The number of nitrogens with one attached hydrogen (secondary N) is 1. The molecule has 9 heteroatoms. The Morgan fingerprint density at radius 1 is 1.55 bits per heavy atom. The molecule has 0 amide bonds. The highest BCUT2D eigenvalue weighted by Crippen LogP contribution is 2.19. The molecule has 0 aromatic carbocycles. The average molecular weight is 315 g/mol. The monoisotopic (exact) mass is 315 g/mol. The molecule has 0 bridgehead atoms. The summed E-state index contributed by atoms with van der Waals surface area (Å²) in [5.41, 5.74) is 0.882. The van der Waals surface area contributed by atoms with Crippen LogP contribution in [0.3, 0.4) is 0 Å². The van der Waals surface area contributed by atoms with Gasteiger partial charge in [-0.25, -0.2) is 17.9 Å². The summed E-state index contributed by atoms with van der Waals surface area (Å²) in [4.78, 5) is 10.7. The lowest BCUT2D eigenvalue weighted by Crippen LogP contribution is -2.25. The Balaban J connectivity index is 2.00. The van der Waals surface area contributed by atoms with Crippen molar-refractivity contribution in [2.24, 2.45) is 7.05 Å². The normalized spacial score (nSPS) is 11.7. The van der Waals surface area contributed by atoms with Gasteiger partial charge in [0.15, 0.2) is 0 Å². The third kappa shape index (κ3) is 3.24. The quantitative estimate of drug-likeness (QED) is 0.817. The Kier molecular flexibility index (Phi) is 4.21. The molecule has 0 unspecified atom stereocenters. The zero-order chi connectivity index (χ0) is 14.8. The number of aromatic carboxylic acids is 1. The average Bonchev–Trinajstić information content (AvgIpc) is 2.99. The van der Waals surface area contributed by atoms with Crippen molar-refractivity contribution < 1.29 is 18.3 Å². The Morgan fingerprint density at radius 2 is 2.30 bits per heavy atom. The zero-order valence-electron chi connectivity index (χ0n) is 10.6. The second-order valence-corrected chi connectivity index (χ2v) is 6.96. The van der Waals surface area contributed by atoms with Crippen molar-refractivity contribution in [1.29, 1.82) is 0 Å². The summed E-state index contributed by atoms with van der Waals surface area (Å²) in [6.07, 6.45) is 2.15. The van der Waals surface area contributed by atoms with Crippen LogP contribution >= 0.6 is 11.3 Å². The van der Waals surface area contributed by atoms with Gasteiger partial charge in [-0.1, -0.05) is 0 Å². The number of sulfonamides is 1. The Hall–Kier alpha value is -1.71. The molecule has 0 saturated carbocycles. The summed E-state index contributed by atoms with van der Waals surface area (Å²) < 4.78 is 28.0. The third-order valence-corrected chi connectivity index (χ3v) is 5.58. The van der Waals surface area contributed by atoms with Gasteiger partial charge in [-0.2, -0.15) is 5.10 Å². The van der Waals surface area contributed by atoms with Crippen LogP contribution in [0.1, 0.15) is 16.1 Å². The summed E-state index contributed by atoms with van der Waals surface area (Å²) in [5, 5.41) is 14.1. The van der Waals surface area contributed by atoms with Crippen LogP contribution in [0.15, 0.2) is 27.9 Å². The fourth-order valence-electron chi connectivity index (χ4n) is 1.60. The highest BCUT2D eigenvalue weighted by atomic mass is 32.2. The Bertz CT molecular complexity index is 718. The lowest BCUT2D eigenvalue weighted by molar-refractivity contribution is 0.0697. The van der Waals surface area contributed by atoms with Crippen molar-refractivity contribution in [2.45, 2.75) is 10.6 Å². The van der Waals surface area contributed by atoms with Crippen LogP contribution in [0, 0.1) is 0 Å². The Labute approximate surface area is 119 Å². The van der Waals surface area contributed by atoms with Crippen LogP contribution in [0.25, 0.3) is 0 Å². The highest BCUT2D eigenvalue weighted by Gasteiger charge is 2.18. The van der Waals surface area contributed by atoms with E-state index in [2.05, 4.69) is 9.82 Å². The van der Waals surface area contributed by atoms with E-state index in [1.54, 1.807) is 17.9 Å². The van der Waals surface area contributed by atoms with Crippen molar-refractivity contribution in [1.82, 2.24) is 14.5 Å². The summed E-state index contributed by atoms with van der Waals surface area (Å²) in [5.74, 6) is -1.14. The van der Waals surface area contributed by atoms with Crippen molar-refractivity contribution in [3.63, 3.8) is 0 Å². The number of thiophene rings is 1. The van der Waals surface area contributed by atoms with E-state index < -0.39 is 16.0 Å². The minimum Gasteiger partial charge on any atom is -0.478 e. The summed E-state index contributed by atoms with van der Waals surface area (Å²) >= 11 is 0.887. The van der Waals surface area contributed by atoms with Crippen molar-refractivity contribution >= 4 is 27.3 Å². The SMILES string of the molecule is Cn1nccc1CCNS(=O)(=O)c1cc(C(=O)O)cs1. The van der Waals surface area contributed by atoms with Gasteiger partial charge in [0.25, 0.3) is 0 Å². The van der Waals surface area contributed by atoms with Gasteiger partial charge in [0.05, 0.1) is 5.56 Å².